The third-order valence-electron chi connectivity index (χ3n) is 3.24. The zero-order valence-electron chi connectivity index (χ0n) is 10.8. The minimum Gasteiger partial charge on any atom is -0.271 e. The molecule has 1 aliphatic heterocycles. The molecule has 3 N–H and O–H groups in total. The van der Waals surface area contributed by atoms with E-state index >= 15 is 0 Å². The highest BCUT2D eigenvalue weighted by molar-refractivity contribution is 8.06. The molecule has 1 aliphatic rings. The highest BCUT2D eigenvalue weighted by atomic mass is 32.2. The summed E-state index contributed by atoms with van der Waals surface area (Å²) in [7, 11) is 0. The quantitative estimate of drug-likeness (QED) is 0.660. The first-order valence-electron chi connectivity index (χ1n) is 6.32. The molecule has 0 bridgehead atoms. The van der Waals surface area contributed by atoms with E-state index < -0.39 is 11.7 Å². The molecule has 7 heteroatoms. The molecule has 1 saturated heterocycles. The molecule has 0 amide bonds. The van der Waals surface area contributed by atoms with Crippen LogP contribution in [-0.2, 0) is 12.6 Å². The van der Waals surface area contributed by atoms with Crippen molar-refractivity contribution >= 4 is 23.5 Å². The molecule has 1 aromatic rings. The Morgan fingerprint density at radius 2 is 1.95 bits per heavy atom. The van der Waals surface area contributed by atoms with E-state index in [0.29, 0.717) is 11.7 Å². The van der Waals surface area contributed by atoms with Gasteiger partial charge >= 0.3 is 6.18 Å². The van der Waals surface area contributed by atoms with E-state index in [1.807, 2.05) is 23.5 Å². The second kappa shape index (κ2) is 7.06. The van der Waals surface area contributed by atoms with Crippen LogP contribution in [0.2, 0.25) is 0 Å². The highest BCUT2D eigenvalue weighted by Gasteiger charge is 2.30. The third kappa shape index (κ3) is 4.31. The van der Waals surface area contributed by atoms with Gasteiger partial charge in [0.15, 0.2) is 0 Å². The molecule has 1 heterocycles. The van der Waals surface area contributed by atoms with Gasteiger partial charge in [0, 0.05) is 28.6 Å². The Labute approximate surface area is 125 Å². The van der Waals surface area contributed by atoms with Gasteiger partial charge in [-0.2, -0.15) is 36.7 Å². The average Bonchev–Trinajstić information content (AvgIpc) is 2.45. The molecule has 0 aromatic heterocycles. The first-order valence-corrected chi connectivity index (χ1v) is 8.52. The van der Waals surface area contributed by atoms with Crippen molar-refractivity contribution in [2.45, 2.75) is 23.9 Å². The summed E-state index contributed by atoms with van der Waals surface area (Å²) in [5, 5.41) is 0.404. The molecule has 1 aromatic carbocycles. The lowest BCUT2D eigenvalue weighted by Crippen LogP contribution is -2.46. The lowest BCUT2D eigenvalue weighted by molar-refractivity contribution is -0.137. The van der Waals surface area contributed by atoms with Crippen LogP contribution in [0.5, 0.6) is 0 Å². The minimum atomic E-state index is -4.28. The summed E-state index contributed by atoms with van der Waals surface area (Å²) >= 11 is 3.78. The molecule has 0 aliphatic carbocycles. The van der Waals surface area contributed by atoms with Crippen molar-refractivity contribution in [3.63, 3.8) is 0 Å². The van der Waals surface area contributed by atoms with Crippen LogP contribution in [0, 0.1) is 0 Å². The lowest BCUT2D eigenvalue weighted by atomic mass is 10.0. The van der Waals surface area contributed by atoms with Gasteiger partial charge < -0.3 is 0 Å². The second-order valence-corrected chi connectivity index (χ2v) is 7.15. The van der Waals surface area contributed by atoms with Crippen LogP contribution < -0.4 is 11.3 Å². The number of nitrogens with one attached hydrogen (secondary N) is 1. The van der Waals surface area contributed by atoms with Crippen molar-refractivity contribution in [1.82, 2.24) is 5.43 Å². The van der Waals surface area contributed by atoms with Crippen molar-refractivity contribution < 1.29 is 13.2 Å². The fourth-order valence-corrected chi connectivity index (χ4v) is 4.99. The number of alkyl halides is 3. The fraction of sp³-hybridized carbons (Fsp3) is 0.538. The number of hydrogen-bond acceptors (Lipinski definition) is 4. The van der Waals surface area contributed by atoms with Crippen LogP contribution in [0.3, 0.4) is 0 Å². The summed E-state index contributed by atoms with van der Waals surface area (Å²) < 4.78 is 37.5. The Bertz CT molecular complexity index is 417. The monoisotopic (exact) mass is 322 g/mol. The molecule has 2 unspecified atom stereocenters. The summed E-state index contributed by atoms with van der Waals surface area (Å²) in [6, 6.07) is 5.42. The molecular weight excluding hydrogens is 305 g/mol. The average molecular weight is 322 g/mol. The third-order valence-corrected chi connectivity index (χ3v) is 6.16. The second-order valence-electron chi connectivity index (χ2n) is 4.66. The maximum Gasteiger partial charge on any atom is 0.416 e. The number of thioether (sulfide) groups is 2. The Morgan fingerprint density at radius 3 is 2.45 bits per heavy atom. The predicted octanol–water partition coefficient (Wildman–Crippen LogP) is 2.93. The van der Waals surface area contributed by atoms with Crippen molar-refractivity contribution in [2.75, 3.05) is 17.3 Å². The van der Waals surface area contributed by atoms with E-state index in [1.165, 1.54) is 12.1 Å². The normalized spacial score (nSPS) is 21.7. The van der Waals surface area contributed by atoms with Crippen LogP contribution in [0.1, 0.15) is 11.1 Å². The Hall–Kier alpha value is -0.370. The van der Waals surface area contributed by atoms with Crippen molar-refractivity contribution in [3.8, 4) is 0 Å². The smallest absolute Gasteiger partial charge is 0.271 e. The SMILES string of the molecule is NNC(Cc1ccc(C(F)(F)F)cc1)C1CSCCS1. The molecule has 0 spiro atoms. The van der Waals surface area contributed by atoms with Crippen LogP contribution in [0.4, 0.5) is 13.2 Å². The zero-order chi connectivity index (χ0) is 14.6. The predicted molar refractivity (Wildman–Crippen MR) is 79.8 cm³/mol. The van der Waals surface area contributed by atoms with Crippen LogP contribution in [-0.4, -0.2) is 28.6 Å². The summed E-state index contributed by atoms with van der Waals surface area (Å²) in [6.45, 7) is 0. The van der Waals surface area contributed by atoms with E-state index in [0.717, 1.165) is 35.0 Å². The molecule has 20 heavy (non-hydrogen) atoms. The van der Waals surface area contributed by atoms with Gasteiger partial charge in [0.1, 0.15) is 0 Å². The lowest BCUT2D eigenvalue weighted by Gasteiger charge is -2.29. The fourth-order valence-electron chi connectivity index (χ4n) is 2.12. The van der Waals surface area contributed by atoms with Crippen LogP contribution in [0.25, 0.3) is 0 Å². The largest absolute Gasteiger partial charge is 0.416 e. The van der Waals surface area contributed by atoms with Crippen molar-refractivity contribution in [1.29, 1.82) is 0 Å². The molecule has 2 rings (SSSR count). The molecule has 112 valence electrons. The highest BCUT2D eigenvalue weighted by Crippen LogP contribution is 2.30. The molecule has 2 atom stereocenters. The van der Waals surface area contributed by atoms with E-state index in [1.54, 1.807) is 0 Å². The number of halogens is 3. The Kier molecular flexibility index (Phi) is 5.65. The summed E-state index contributed by atoms with van der Waals surface area (Å²) in [5.41, 5.74) is 3.07. The van der Waals surface area contributed by atoms with Crippen molar-refractivity contribution in [2.24, 2.45) is 5.84 Å². The standard InChI is InChI=1S/C13H17F3N2S2/c14-13(15,16)10-3-1-9(2-4-10)7-11(18-17)12-8-19-5-6-20-12/h1-4,11-12,18H,5-8,17H2. The molecular formula is C13H17F3N2S2. The van der Waals surface area contributed by atoms with Gasteiger partial charge in [-0.05, 0) is 24.1 Å². The molecule has 0 radical (unpaired) electrons. The van der Waals surface area contributed by atoms with Gasteiger partial charge in [-0.3, -0.25) is 11.3 Å². The van der Waals surface area contributed by atoms with Gasteiger partial charge in [0.25, 0.3) is 0 Å². The molecule has 1 fully saturated rings. The molecule has 0 saturated carbocycles. The van der Waals surface area contributed by atoms with Gasteiger partial charge in [-0.15, -0.1) is 0 Å². The van der Waals surface area contributed by atoms with E-state index in [2.05, 4.69) is 5.43 Å². The number of rotatable bonds is 4. The van der Waals surface area contributed by atoms with E-state index in [-0.39, 0.29) is 6.04 Å². The number of hydrazine groups is 1. The maximum atomic E-state index is 12.5. The Morgan fingerprint density at radius 1 is 1.25 bits per heavy atom. The first-order chi connectivity index (χ1) is 9.50. The number of hydrogen-bond donors (Lipinski definition) is 2. The first kappa shape index (κ1) is 16.0. The van der Waals surface area contributed by atoms with Gasteiger partial charge in [0.2, 0.25) is 0 Å². The Balaban J connectivity index is 2.00. The van der Waals surface area contributed by atoms with E-state index in [9.17, 15) is 13.2 Å². The topological polar surface area (TPSA) is 38.0 Å². The van der Waals surface area contributed by atoms with Crippen molar-refractivity contribution in [3.05, 3.63) is 35.4 Å². The van der Waals surface area contributed by atoms with Crippen LogP contribution >= 0.6 is 23.5 Å². The summed E-state index contributed by atoms with van der Waals surface area (Å²) in [5.74, 6) is 8.88. The van der Waals surface area contributed by atoms with Gasteiger partial charge in [-0.25, -0.2) is 0 Å². The summed E-state index contributed by atoms with van der Waals surface area (Å²) in [4.78, 5) is 0. The van der Waals surface area contributed by atoms with Crippen LogP contribution in [0.15, 0.2) is 24.3 Å². The zero-order valence-corrected chi connectivity index (χ0v) is 12.5. The van der Waals surface area contributed by atoms with Gasteiger partial charge in [-0.1, -0.05) is 12.1 Å². The maximum absolute atomic E-state index is 12.5. The van der Waals surface area contributed by atoms with E-state index in [4.69, 9.17) is 5.84 Å². The summed E-state index contributed by atoms with van der Waals surface area (Å²) in [6.07, 6.45) is -3.63. The number of benzene rings is 1. The number of nitrogens with two attached hydrogens (primary N) is 1. The minimum absolute atomic E-state index is 0.0875. The van der Waals surface area contributed by atoms with Gasteiger partial charge in [0.05, 0.1) is 5.56 Å². The molecule has 2 nitrogen and oxygen atoms in total.